The second-order valence-corrected chi connectivity index (χ2v) is 42.4. The van der Waals surface area contributed by atoms with E-state index in [4.69, 9.17) is 59.6 Å². The molecule has 6 aromatic carbocycles. The maximum atomic E-state index is 13.5. The third kappa shape index (κ3) is 23.8. The van der Waals surface area contributed by atoms with Gasteiger partial charge in [0, 0.05) is 132 Å². The van der Waals surface area contributed by atoms with Gasteiger partial charge in [-0.2, -0.15) is 13.2 Å². The van der Waals surface area contributed by atoms with Crippen LogP contribution in [0.3, 0.4) is 0 Å². The van der Waals surface area contributed by atoms with E-state index in [2.05, 4.69) is 44.8 Å². The van der Waals surface area contributed by atoms with Gasteiger partial charge in [-0.3, -0.25) is 33.6 Å². The molecule has 0 aliphatic heterocycles. The molecule has 1 aliphatic carbocycles. The maximum absolute atomic E-state index is 13.5. The Labute approximate surface area is 882 Å². The van der Waals surface area contributed by atoms with Crippen molar-refractivity contribution in [2.45, 2.75) is 134 Å². The van der Waals surface area contributed by atoms with E-state index in [-0.39, 0.29) is 85.8 Å². The molecular formula is C114H104F4N14O10S7. The molecule has 1 atom stereocenters. The zero-order chi connectivity index (χ0) is 107. The molecule has 35 heteroatoms. The predicted octanol–water partition coefficient (Wildman–Crippen LogP) is 28.4. The Bertz CT molecular complexity index is 8600. The fourth-order valence-electron chi connectivity index (χ4n) is 17.2. The van der Waals surface area contributed by atoms with Crippen LogP contribution in [0.1, 0.15) is 212 Å². The molecular weight excluding hydrogens is 2030 g/mol. The van der Waals surface area contributed by atoms with E-state index in [0.717, 1.165) is 173 Å². The summed E-state index contributed by atoms with van der Waals surface area (Å²) >= 11 is 8.97. The van der Waals surface area contributed by atoms with Crippen LogP contribution in [0.2, 0.25) is 0 Å². The van der Waals surface area contributed by atoms with E-state index in [1.165, 1.54) is 132 Å². The molecule has 0 bridgehead atoms. The number of fused-ring (bicyclic) bond motifs is 9. The van der Waals surface area contributed by atoms with Crippen LogP contribution >= 0.6 is 79.4 Å². The lowest BCUT2D eigenvalue weighted by Crippen LogP contribution is -2.12. The van der Waals surface area contributed by atoms with Crippen LogP contribution in [-0.2, 0) is 36.6 Å². The van der Waals surface area contributed by atoms with Crippen LogP contribution in [0.25, 0.3) is 127 Å². The number of hydrogen-bond donors (Lipinski definition) is 7. The van der Waals surface area contributed by atoms with E-state index in [1.807, 2.05) is 177 Å². The largest absolute Gasteiger partial charge is 0.497 e. The number of nitrogen functional groups attached to an aromatic ring is 7. The summed E-state index contributed by atoms with van der Waals surface area (Å²) < 4.78 is 63.9. The van der Waals surface area contributed by atoms with Gasteiger partial charge in [0.1, 0.15) is 45.4 Å². The van der Waals surface area contributed by atoms with Gasteiger partial charge in [-0.25, -0.2) is 44.1 Å². The van der Waals surface area contributed by atoms with Crippen molar-refractivity contribution in [1.29, 1.82) is 0 Å². The van der Waals surface area contributed by atoms with E-state index < -0.39 is 17.7 Å². The fraction of sp³-hybridized carbons (Fsp3) is 0.202. The summed E-state index contributed by atoms with van der Waals surface area (Å²) in [6, 6.07) is 63.6. The van der Waals surface area contributed by atoms with Crippen LogP contribution in [0.15, 0.2) is 206 Å². The molecule has 0 radical (unpaired) electrons. The van der Waals surface area contributed by atoms with Crippen LogP contribution in [0.5, 0.6) is 5.75 Å². The lowest BCUT2D eigenvalue weighted by atomic mass is 9.87. The average molecular weight is 2130 g/mol. The standard InChI is InChI=1S/C22H18N2O2S.C19H18N2O3S.C17H13F3N2OS.C16H13FN2OS.C14H16N2OS.C13H10N2OS.C13H16N2OS/c1-13(25)21-20(23)19-17(14-8-10-16(26-2)11-9-14)12-18(24-22(19)27-21)15-6-4-3-5-7-15;1-4-24-19(23)13-10(2)21-18-15(16(20)17(25-18)11(3)22)14(13)12-8-6-5-7-9-12;1-9(23)15-14(21)13-12(17(18,19)20)8-11(22-16(13)24-15)7-10-5-3-2-4-6-10;1-8-7-12-13(18)15(9(2)20)21-16(12)19-14(8)10-3-5-11(17)6-4-10;1-7-3-4-11-9(5-7)6-10-12(15)13(8(2)17)18-14(10)16-11;1-7(16)12-11(14)9-6-8-4-2-3-5-10(8)15-13(9)17-12;1-3-4-5-9-6-7-10-11(14)12(8(2)16)17-13(10)15-9/h3-12H,23H2,1-2H3;5-9H,4,20H2,1-3H3;2-6,8H,7,21H2,1H3;3-7H,18H2,1-2H3;6-7H,3-5,15H2,1-2H3;2-6H,14H2,1H3;6-7H,3-5,14H2,1-2H3. The number of nitrogens with two attached hydrogens (primary N) is 7. The third-order valence-corrected chi connectivity index (χ3v) is 33.0. The van der Waals surface area contributed by atoms with Crippen LogP contribution < -0.4 is 44.9 Å². The van der Waals surface area contributed by atoms with Gasteiger partial charge in [0.15, 0.2) is 40.5 Å². The number of hydrogen-bond acceptors (Lipinski definition) is 31. The molecule has 14 heterocycles. The lowest BCUT2D eigenvalue weighted by Gasteiger charge is -2.20. The van der Waals surface area contributed by atoms with Gasteiger partial charge in [0.05, 0.1) is 121 Å². The number of pyridine rings is 7. The first kappa shape index (κ1) is 108. The first-order valence-electron chi connectivity index (χ1n) is 47.3. The summed E-state index contributed by atoms with van der Waals surface area (Å²) in [4.78, 5) is 134. The molecule has 760 valence electrons. The number of unbranched alkanes of at least 4 members (excludes halogenated alkanes) is 1. The number of aromatic nitrogens is 7. The van der Waals surface area contributed by atoms with E-state index in [9.17, 15) is 55.9 Å². The first-order valence-corrected chi connectivity index (χ1v) is 53.0. The Hall–Kier alpha value is -15.4. The minimum absolute atomic E-state index is 0.00504. The van der Waals surface area contributed by atoms with Gasteiger partial charge in [-0.15, -0.1) is 79.4 Å². The van der Waals surface area contributed by atoms with Crippen molar-refractivity contribution in [3.8, 4) is 50.5 Å². The number of carbonyl (C=O) groups excluding carboxylic acids is 8. The number of carbonyl (C=O) groups is 8. The van der Waals surface area contributed by atoms with Gasteiger partial charge < -0.3 is 49.6 Å². The number of ether oxygens (including phenoxy) is 2. The van der Waals surface area contributed by atoms with Crippen molar-refractivity contribution in [3.63, 3.8) is 0 Å². The number of benzene rings is 6. The number of nitrogens with zero attached hydrogens (tertiary/aromatic N) is 7. The maximum Gasteiger partial charge on any atom is 0.417 e. The van der Waals surface area contributed by atoms with Crippen molar-refractivity contribution < 1.29 is 65.4 Å². The van der Waals surface area contributed by atoms with E-state index >= 15 is 0 Å². The number of rotatable bonds is 19. The number of thiophene rings is 7. The number of ketones is 7. The molecule has 0 saturated heterocycles. The molecule has 0 amide bonds. The third-order valence-electron chi connectivity index (χ3n) is 24.5. The molecule has 21 rings (SSSR count). The summed E-state index contributed by atoms with van der Waals surface area (Å²) in [5, 5.41) is 5.85. The molecule has 149 heavy (non-hydrogen) atoms. The van der Waals surface area contributed by atoms with Crippen LogP contribution in [-0.4, -0.2) is 95.1 Å². The molecule has 0 spiro atoms. The van der Waals surface area contributed by atoms with E-state index in [0.29, 0.717) is 96.3 Å². The second-order valence-electron chi connectivity index (χ2n) is 35.5. The number of anilines is 7. The lowest BCUT2D eigenvalue weighted by molar-refractivity contribution is -0.136. The Morgan fingerprint density at radius 1 is 0.430 bits per heavy atom. The van der Waals surface area contributed by atoms with Gasteiger partial charge >= 0.3 is 12.1 Å². The number of methoxy groups -OCH3 is 1. The monoisotopic (exact) mass is 2130 g/mol. The average Bonchev–Trinajstić information content (AvgIpc) is 1.61. The normalized spacial score (nSPS) is 12.0. The molecule has 0 saturated carbocycles. The number of aryl methyl sites for hydroxylation is 4. The Morgan fingerprint density at radius 2 is 0.886 bits per heavy atom. The topological polar surface area (TPSA) is 427 Å². The summed E-state index contributed by atoms with van der Waals surface area (Å²) in [5.41, 5.74) is 59.0. The molecule has 24 nitrogen and oxygen atoms in total. The molecule has 1 unspecified atom stereocenters. The van der Waals surface area contributed by atoms with Crippen LogP contribution in [0, 0.1) is 25.6 Å². The fourth-order valence-corrected chi connectivity index (χ4v) is 24.2. The van der Waals surface area contributed by atoms with Crippen molar-refractivity contribution in [1.82, 2.24) is 34.9 Å². The summed E-state index contributed by atoms with van der Waals surface area (Å²) in [7, 11) is 1.64. The van der Waals surface area contributed by atoms with Crippen molar-refractivity contribution in [3.05, 3.63) is 297 Å². The quantitative estimate of drug-likeness (QED) is 0.0225. The van der Waals surface area contributed by atoms with Crippen molar-refractivity contribution in [2.24, 2.45) is 5.92 Å². The van der Waals surface area contributed by atoms with Crippen molar-refractivity contribution in [2.75, 3.05) is 53.9 Å². The van der Waals surface area contributed by atoms with Crippen molar-refractivity contribution >= 4 is 248 Å². The molecule has 14 aromatic heterocycles. The van der Waals surface area contributed by atoms with Gasteiger partial charge in [0.2, 0.25) is 0 Å². The highest BCUT2D eigenvalue weighted by Crippen LogP contribution is 2.48. The Balaban J connectivity index is 0.000000131. The predicted molar refractivity (Wildman–Crippen MR) is 603 cm³/mol. The highest BCUT2D eigenvalue weighted by atomic mass is 32.1. The molecule has 1 aliphatic rings. The number of para-hydroxylation sites is 1. The summed E-state index contributed by atoms with van der Waals surface area (Å²) in [6.45, 7) is 20.6. The minimum atomic E-state index is -4.57. The highest BCUT2D eigenvalue weighted by molar-refractivity contribution is 7.23. The van der Waals surface area contributed by atoms with E-state index in [1.54, 1.807) is 46.9 Å². The Morgan fingerprint density at radius 3 is 1.43 bits per heavy atom. The zero-order valence-corrected chi connectivity index (χ0v) is 89.2. The number of alkyl halides is 3. The Kier molecular flexibility index (Phi) is 33.6. The first-order chi connectivity index (χ1) is 71.1. The molecule has 0 fully saturated rings. The summed E-state index contributed by atoms with van der Waals surface area (Å²) in [6.07, 6.45) is 2.29. The van der Waals surface area contributed by atoms with Gasteiger partial charge in [0.25, 0.3) is 0 Å². The molecule has 14 N–H and O–H groups in total. The smallest absolute Gasteiger partial charge is 0.417 e. The van der Waals surface area contributed by atoms with Gasteiger partial charge in [-0.05, 0) is 177 Å². The zero-order valence-electron chi connectivity index (χ0n) is 83.5. The van der Waals surface area contributed by atoms with Crippen LogP contribution in [0.4, 0.5) is 57.4 Å². The molecule has 20 aromatic rings. The highest BCUT2D eigenvalue weighted by Gasteiger charge is 2.37. The SMILES string of the molecule is CC(=O)c1sc2nc(-c3ccc(F)cc3)c(C)cc2c1N.CC(=O)c1sc2nc(Cc3ccccc3)cc(C(F)(F)F)c2c1N.CC(=O)c1sc2nc3c(cc2c1N)CC(C)CC3.CC(=O)c1sc2nc3ccccc3cc2c1N.CCCCc1ccc2c(N)c(C(C)=O)sc2n1.CCOC(=O)c1c(C)nc2sc(C(C)=O)c(N)c2c1-c1ccccc1.COc1ccc(-c2cc(-c3ccccc3)nc3sc(C(C)=O)c(N)c23)cc1. The number of esters is 1. The van der Waals surface area contributed by atoms with Gasteiger partial charge in [-0.1, -0.05) is 142 Å². The number of Topliss-reactive ketones (excluding diaryl/α,β-unsaturated/α-hetero) is 7. The second kappa shape index (κ2) is 46.4. The number of halogens is 4. The minimum Gasteiger partial charge on any atom is -0.497 e. The summed E-state index contributed by atoms with van der Waals surface area (Å²) in [5.74, 6) is 0.230.